The molecule has 0 radical (unpaired) electrons. The molecule has 0 atom stereocenters. The van der Waals surface area contributed by atoms with E-state index in [4.69, 9.17) is 4.52 Å². The predicted molar refractivity (Wildman–Crippen MR) is 97.4 cm³/mol. The van der Waals surface area contributed by atoms with Gasteiger partial charge in [0.2, 0.25) is 0 Å². The van der Waals surface area contributed by atoms with Crippen LogP contribution in [0.3, 0.4) is 0 Å². The van der Waals surface area contributed by atoms with Crippen LogP contribution in [0.25, 0.3) is 22.5 Å². The highest BCUT2D eigenvalue weighted by atomic mass is 16.5. The summed E-state index contributed by atoms with van der Waals surface area (Å²) in [6.45, 7) is 7.06. The molecular weight excluding hydrogens is 312 g/mol. The Balaban J connectivity index is 1.52. The molecule has 25 heavy (non-hydrogen) atoms. The number of nitrogens with zero attached hydrogens (tertiary/aromatic N) is 4. The molecule has 0 N–H and O–H groups in total. The van der Waals surface area contributed by atoms with E-state index in [9.17, 15) is 0 Å². The van der Waals surface area contributed by atoms with Gasteiger partial charge >= 0.3 is 0 Å². The average Bonchev–Trinajstić information content (AvgIpc) is 3.21. The normalized spacial score (nSPS) is 11.3. The van der Waals surface area contributed by atoms with Gasteiger partial charge in [-0.05, 0) is 56.2 Å². The fourth-order valence-electron chi connectivity index (χ4n) is 2.88. The molecule has 0 fully saturated rings. The van der Waals surface area contributed by atoms with Crippen LogP contribution in [0, 0.1) is 20.8 Å². The van der Waals surface area contributed by atoms with Gasteiger partial charge in [-0.2, -0.15) is 4.98 Å². The van der Waals surface area contributed by atoms with Gasteiger partial charge in [0.1, 0.15) is 0 Å². The lowest BCUT2D eigenvalue weighted by Gasteiger charge is -2.04. The third-order valence-corrected chi connectivity index (χ3v) is 4.58. The van der Waals surface area contributed by atoms with Gasteiger partial charge in [-0.25, -0.2) is 4.98 Å². The minimum absolute atomic E-state index is 0.567. The van der Waals surface area contributed by atoms with Gasteiger partial charge in [0, 0.05) is 18.5 Å². The quantitative estimate of drug-likeness (QED) is 0.560. The number of hydrogen-bond acceptors (Lipinski definition) is 4. The minimum atomic E-state index is 0.567. The summed E-state index contributed by atoms with van der Waals surface area (Å²) in [5, 5.41) is 4.11. The Morgan fingerprint density at radius 3 is 2.56 bits per heavy atom. The maximum atomic E-state index is 5.40. The first-order chi connectivity index (χ1) is 12.1. The molecule has 0 aliphatic carbocycles. The predicted octanol–water partition coefficient (Wildman–Crippen LogP) is 4.25. The summed E-state index contributed by atoms with van der Waals surface area (Å²) in [7, 11) is 0. The van der Waals surface area contributed by atoms with Gasteiger partial charge in [-0.15, -0.1) is 0 Å². The van der Waals surface area contributed by atoms with Crippen LogP contribution in [-0.4, -0.2) is 19.7 Å². The van der Waals surface area contributed by atoms with Crippen LogP contribution in [0.1, 0.15) is 22.5 Å². The average molecular weight is 332 g/mol. The van der Waals surface area contributed by atoms with Crippen molar-refractivity contribution >= 4 is 11.0 Å². The highest BCUT2D eigenvalue weighted by Gasteiger charge is 2.10. The molecule has 0 amide bonds. The largest absolute Gasteiger partial charge is 0.334 e. The highest BCUT2D eigenvalue weighted by Crippen LogP contribution is 2.20. The number of aromatic nitrogens is 4. The van der Waals surface area contributed by atoms with Crippen LogP contribution >= 0.6 is 0 Å². The maximum absolute atomic E-state index is 5.40. The van der Waals surface area contributed by atoms with E-state index in [-0.39, 0.29) is 0 Å². The highest BCUT2D eigenvalue weighted by molar-refractivity contribution is 5.77. The van der Waals surface area contributed by atoms with Crippen molar-refractivity contribution in [2.45, 2.75) is 33.7 Å². The zero-order valence-corrected chi connectivity index (χ0v) is 14.7. The number of imidazole rings is 1. The first kappa shape index (κ1) is 15.6. The summed E-state index contributed by atoms with van der Waals surface area (Å²) in [5.74, 6) is 1.28. The molecule has 5 heteroatoms. The van der Waals surface area contributed by atoms with Gasteiger partial charge in [-0.3, -0.25) is 0 Å². The van der Waals surface area contributed by atoms with Crippen molar-refractivity contribution in [1.82, 2.24) is 19.7 Å². The van der Waals surface area contributed by atoms with Crippen LogP contribution in [0.15, 0.2) is 47.2 Å². The molecular formula is C20H20N4O. The Morgan fingerprint density at radius 2 is 1.76 bits per heavy atom. The van der Waals surface area contributed by atoms with Crippen LogP contribution < -0.4 is 0 Å². The second kappa shape index (κ2) is 6.16. The van der Waals surface area contributed by atoms with Crippen LogP contribution in [0.2, 0.25) is 0 Å². The molecule has 0 aliphatic rings. The molecule has 0 saturated carbocycles. The minimum Gasteiger partial charge on any atom is -0.334 e. The topological polar surface area (TPSA) is 56.7 Å². The second-order valence-electron chi connectivity index (χ2n) is 6.49. The smallest absolute Gasteiger partial charge is 0.257 e. The lowest BCUT2D eigenvalue weighted by Crippen LogP contribution is -2.01. The molecule has 126 valence electrons. The molecule has 0 aliphatic heterocycles. The van der Waals surface area contributed by atoms with Crippen molar-refractivity contribution < 1.29 is 4.52 Å². The van der Waals surface area contributed by atoms with Crippen LogP contribution in [0.4, 0.5) is 0 Å². The summed E-state index contributed by atoms with van der Waals surface area (Å²) in [5.41, 5.74) is 6.86. The summed E-state index contributed by atoms with van der Waals surface area (Å²) >= 11 is 0. The summed E-state index contributed by atoms with van der Waals surface area (Å²) in [6, 6.07) is 12.4. The van der Waals surface area contributed by atoms with E-state index in [1.54, 1.807) is 0 Å². The molecule has 2 aromatic heterocycles. The zero-order valence-electron chi connectivity index (χ0n) is 14.7. The van der Waals surface area contributed by atoms with E-state index in [1.807, 2.05) is 30.6 Å². The fourth-order valence-corrected chi connectivity index (χ4v) is 2.88. The Morgan fingerprint density at radius 1 is 1.00 bits per heavy atom. The lowest BCUT2D eigenvalue weighted by atomic mass is 10.1. The first-order valence-corrected chi connectivity index (χ1v) is 8.42. The molecule has 0 bridgehead atoms. The summed E-state index contributed by atoms with van der Waals surface area (Å²) in [4.78, 5) is 9.00. The monoisotopic (exact) mass is 332 g/mol. The van der Waals surface area contributed by atoms with E-state index in [2.05, 4.69) is 52.6 Å². The van der Waals surface area contributed by atoms with Gasteiger partial charge in [0.05, 0.1) is 17.4 Å². The molecule has 2 aromatic carbocycles. The molecule has 5 nitrogen and oxygen atoms in total. The van der Waals surface area contributed by atoms with Crippen molar-refractivity contribution in [3.63, 3.8) is 0 Å². The van der Waals surface area contributed by atoms with E-state index in [0.717, 1.165) is 23.1 Å². The second-order valence-corrected chi connectivity index (χ2v) is 6.49. The van der Waals surface area contributed by atoms with Crippen molar-refractivity contribution in [2.24, 2.45) is 0 Å². The molecule has 0 unspecified atom stereocenters. The number of fused-ring (bicyclic) bond motifs is 1. The van der Waals surface area contributed by atoms with E-state index < -0.39 is 0 Å². The fraction of sp³-hybridized carbons (Fsp3) is 0.250. The number of aryl methyl sites for hydroxylation is 5. The molecule has 4 rings (SSSR count). The van der Waals surface area contributed by atoms with Crippen molar-refractivity contribution in [3.05, 3.63) is 65.2 Å². The standard InChI is InChI=1S/C20H20N4O/c1-13-4-6-16(7-5-13)20-22-19(23-25-20)8-9-24-12-21-17-10-14(2)15(3)11-18(17)24/h4-7,10-12H,8-9H2,1-3H3. The van der Waals surface area contributed by atoms with Crippen molar-refractivity contribution in [1.29, 1.82) is 0 Å². The van der Waals surface area contributed by atoms with Gasteiger partial charge < -0.3 is 9.09 Å². The van der Waals surface area contributed by atoms with Crippen molar-refractivity contribution in [2.75, 3.05) is 0 Å². The number of benzene rings is 2. The van der Waals surface area contributed by atoms with Gasteiger partial charge in [0.25, 0.3) is 5.89 Å². The zero-order chi connectivity index (χ0) is 17.4. The number of rotatable bonds is 4. The number of hydrogen-bond donors (Lipinski definition) is 0. The lowest BCUT2D eigenvalue weighted by molar-refractivity contribution is 0.420. The Bertz CT molecular complexity index is 1030. The molecule has 2 heterocycles. The van der Waals surface area contributed by atoms with Crippen LogP contribution in [0.5, 0.6) is 0 Å². The molecule has 4 aromatic rings. The Labute approximate surface area is 146 Å². The molecule has 0 spiro atoms. The third-order valence-electron chi connectivity index (χ3n) is 4.58. The Kier molecular flexibility index (Phi) is 3.84. The summed E-state index contributed by atoms with van der Waals surface area (Å²) in [6.07, 6.45) is 2.58. The molecule has 0 saturated heterocycles. The maximum Gasteiger partial charge on any atom is 0.257 e. The van der Waals surface area contributed by atoms with Crippen molar-refractivity contribution in [3.8, 4) is 11.5 Å². The van der Waals surface area contributed by atoms with E-state index >= 15 is 0 Å². The van der Waals surface area contributed by atoms with E-state index in [1.165, 1.54) is 16.7 Å². The first-order valence-electron chi connectivity index (χ1n) is 8.42. The van der Waals surface area contributed by atoms with Crippen LogP contribution in [-0.2, 0) is 13.0 Å². The summed E-state index contributed by atoms with van der Waals surface area (Å²) < 4.78 is 7.54. The van der Waals surface area contributed by atoms with Gasteiger partial charge in [-0.1, -0.05) is 22.9 Å². The third kappa shape index (κ3) is 3.05. The Hall–Kier alpha value is -2.95. The van der Waals surface area contributed by atoms with Gasteiger partial charge in [0.15, 0.2) is 5.82 Å². The van der Waals surface area contributed by atoms with E-state index in [0.29, 0.717) is 18.1 Å². The SMILES string of the molecule is Cc1ccc(-c2nc(CCn3cnc4cc(C)c(C)cc43)no2)cc1.